The van der Waals surface area contributed by atoms with Crippen LogP contribution in [0.1, 0.15) is 17.0 Å². The molecule has 3 nitrogen and oxygen atoms in total. The summed E-state index contributed by atoms with van der Waals surface area (Å²) in [6.45, 7) is 0.744. The van der Waals surface area contributed by atoms with Gasteiger partial charge in [-0.3, -0.25) is 0 Å². The lowest BCUT2D eigenvalue weighted by Crippen LogP contribution is -2.05. The Labute approximate surface area is 139 Å². The maximum Gasteiger partial charge on any atom is 0.113 e. The highest BCUT2D eigenvalue weighted by Gasteiger charge is 2.09. The molecule has 112 valence electrons. The van der Waals surface area contributed by atoms with Crippen molar-refractivity contribution in [1.82, 2.24) is 9.55 Å². The molecular formula is C17H15Cl2N3. The number of nitrogen functional groups attached to an aromatic ring is 1. The summed E-state index contributed by atoms with van der Waals surface area (Å²) in [6, 6.07) is 13.5. The number of benzene rings is 2. The molecule has 0 saturated carbocycles. The lowest BCUT2D eigenvalue weighted by atomic mass is 10.1. The number of hydrogen-bond donors (Lipinski definition) is 1. The van der Waals surface area contributed by atoms with Gasteiger partial charge in [-0.25, -0.2) is 4.98 Å². The minimum Gasteiger partial charge on any atom is -0.399 e. The van der Waals surface area contributed by atoms with Crippen LogP contribution in [-0.4, -0.2) is 9.55 Å². The molecule has 5 heteroatoms. The minimum atomic E-state index is 0.566. The van der Waals surface area contributed by atoms with Crippen molar-refractivity contribution in [2.45, 2.75) is 13.0 Å². The van der Waals surface area contributed by atoms with Gasteiger partial charge < -0.3 is 10.3 Å². The quantitative estimate of drug-likeness (QED) is 0.719. The molecule has 0 spiro atoms. The summed E-state index contributed by atoms with van der Waals surface area (Å²) in [6.07, 6.45) is 4.40. The molecule has 0 radical (unpaired) electrons. The van der Waals surface area contributed by atoms with Crippen LogP contribution in [0.3, 0.4) is 0 Å². The third kappa shape index (κ3) is 3.26. The van der Waals surface area contributed by atoms with Gasteiger partial charge in [0.25, 0.3) is 0 Å². The Morgan fingerprint density at radius 3 is 2.59 bits per heavy atom. The predicted molar refractivity (Wildman–Crippen MR) is 91.5 cm³/mol. The van der Waals surface area contributed by atoms with Crippen LogP contribution < -0.4 is 5.73 Å². The molecule has 3 rings (SSSR count). The monoisotopic (exact) mass is 331 g/mol. The Balaban J connectivity index is 1.83. The number of hydrogen-bond acceptors (Lipinski definition) is 2. The lowest BCUT2D eigenvalue weighted by Gasteiger charge is -2.10. The highest BCUT2D eigenvalue weighted by Crippen LogP contribution is 2.27. The number of rotatable bonds is 4. The highest BCUT2D eigenvalue weighted by atomic mass is 35.5. The number of nitrogens with zero attached hydrogens (tertiary/aromatic N) is 2. The van der Waals surface area contributed by atoms with Crippen molar-refractivity contribution >= 4 is 28.9 Å². The zero-order chi connectivity index (χ0) is 15.5. The van der Waals surface area contributed by atoms with Gasteiger partial charge in [0.1, 0.15) is 5.82 Å². The normalized spacial score (nSPS) is 10.8. The molecule has 0 amide bonds. The van der Waals surface area contributed by atoms with E-state index in [0.717, 1.165) is 23.6 Å². The summed E-state index contributed by atoms with van der Waals surface area (Å²) in [7, 11) is 0. The van der Waals surface area contributed by atoms with Crippen molar-refractivity contribution in [3.63, 3.8) is 0 Å². The van der Waals surface area contributed by atoms with E-state index >= 15 is 0 Å². The van der Waals surface area contributed by atoms with E-state index in [4.69, 9.17) is 28.9 Å². The molecule has 2 N–H and O–H groups in total. The molecule has 22 heavy (non-hydrogen) atoms. The molecule has 0 fully saturated rings. The predicted octanol–water partition coefficient (Wildman–Crippen LogP) is 4.41. The molecule has 1 aromatic heterocycles. The number of anilines is 1. The van der Waals surface area contributed by atoms with E-state index in [0.29, 0.717) is 16.5 Å². The molecule has 0 saturated heterocycles. The van der Waals surface area contributed by atoms with Crippen LogP contribution in [0.5, 0.6) is 0 Å². The van der Waals surface area contributed by atoms with Gasteiger partial charge in [0, 0.05) is 31.0 Å². The highest BCUT2D eigenvalue weighted by molar-refractivity contribution is 6.42. The average molecular weight is 332 g/mol. The fourth-order valence-corrected chi connectivity index (χ4v) is 2.71. The summed E-state index contributed by atoms with van der Waals surface area (Å²) in [4.78, 5) is 4.43. The minimum absolute atomic E-state index is 0.566. The molecular weight excluding hydrogens is 317 g/mol. The SMILES string of the molecule is Nc1ccc(Cn2ccnc2Cc2cccc(Cl)c2Cl)cc1. The van der Waals surface area contributed by atoms with E-state index in [1.54, 1.807) is 12.3 Å². The maximum atomic E-state index is 6.26. The Morgan fingerprint density at radius 1 is 1.05 bits per heavy atom. The van der Waals surface area contributed by atoms with Crippen molar-refractivity contribution in [2.75, 3.05) is 5.73 Å². The van der Waals surface area contributed by atoms with Crippen LogP contribution in [-0.2, 0) is 13.0 Å². The van der Waals surface area contributed by atoms with Gasteiger partial charge in [0.05, 0.1) is 10.0 Å². The maximum absolute atomic E-state index is 6.26. The summed E-state index contributed by atoms with van der Waals surface area (Å²) < 4.78 is 2.10. The van der Waals surface area contributed by atoms with E-state index in [2.05, 4.69) is 9.55 Å². The van der Waals surface area contributed by atoms with E-state index in [1.807, 2.05) is 42.6 Å². The molecule has 2 aromatic carbocycles. The van der Waals surface area contributed by atoms with Crippen molar-refractivity contribution in [3.05, 3.63) is 81.9 Å². The summed E-state index contributed by atoms with van der Waals surface area (Å²) >= 11 is 12.3. The third-order valence-corrected chi connectivity index (χ3v) is 4.37. The largest absolute Gasteiger partial charge is 0.399 e. The van der Waals surface area contributed by atoms with Gasteiger partial charge >= 0.3 is 0 Å². The molecule has 0 bridgehead atoms. The Hall–Kier alpha value is -1.97. The Bertz CT molecular complexity index is 779. The van der Waals surface area contributed by atoms with Gasteiger partial charge in [-0.1, -0.05) is 47.5 Å². The topological polar surface area (TPSA) is 43.8 Å². The smallest absolute Gasteiger partial charge is 0.113 e. The summed E-state index contributed by atoms with van der Waals surface area (Å²) in [5.41, 5.74) is 8.62. The zero-order valence-electron chi connectivity index (χ0n) is 11.8. The second-order valence-electron chi connectivity index (χ2n) is 5.10. The van der Waals surface area contributed by atoms with Crippen molar-refractivity contribution in [1.29, 1.82) is 0 Å². The van der Waals surface area contributed by atoms with Gasteiger partial charge in [0.2, 0.25) is 0 Å². The van der Waals surface area contributed by atoms with Gasteiger partial charge in [-0.05, 0) is 29.3 Å². The Morgan fingerprint density at radius 2 is 1.82 bits per heavy atom. The van der Waals surface area contributed by atoms with Crippen LogP contribution in [0.4, 0.5) is 5.69 Å². The molecule has 1 heterocycles. The molecule has 0 aliphatic rings. The van der Waals surface area contributed by atoms with E-state index < -0.39 is 0 Å². The first-order valence-corrected chi connectivity index (χ1v) is 7.66. The van der Waals surface area contributed by atoms with E-state index in [9.17, 15) is 0 Å². The van der Waals surface area contributed by atoms with Gasteiger partial charge in [-0.15, -0.1) is 0 Å². The van der Waals surface area contributed by atoms with Crippen LogP contribution in [0.25, 0.3) is 0 Å². The number of imidazole rings is 1. The van der Waals surface area contributed by atoms with Crippen molar-refractivity contribution in [3.8, 4) is 0 Å². The van der Waals surface area contributed by atoms with Crippen LogP contribution in [0.15, 0.2) is 54.9 Å². The fraction of sp³-hybridized carbons (Fsp3) is 0.118. The van der Waals surface area contributed by atoms with E-state index in [-0.39, 0.29) is 0 Å². The molecule has 0 atom stereocenters. The molecule has 0 aliphatic carbocycles. The summed E-state index contributed by atoms with van der Waals surface area (Å²) in [5, 5.41) is 1.15. The van der Waals surface area contributed by atoms with Crippen LogP contribution >= 0.6 is 23.2 Å². The first-order valence-electron chi connectivity index (χ1n) is 6.91. The van der Waals surface area contributed by atoms with Gasteiger partial charge in [-0.2, -0.15) is 0 Å². The zero-order valence-corrected chi connectivity index (χ0v) is 13.3. The molecule has 0 unspecified atom stereocenters. The molecule has 3 aromatic rings. The fourth-order valence-electron chi connectivity index (χ4n) is 2.33. The number of nitrogens with two attached hydrogens (primary N) is 1. The average Bonchev–Trinajstić information content (AvgIpc) is 2.93. The lowest BCUT2D eigenvalue weighted by molar-refractivity contribution is 0.741. The van der Waals surface area contributed by atoms with Gasteiger partial charge in [0.15, 0.2) is 0 Å². The Kier molecular flexibility index (Phi) is 4.36. The first-order chi connectivity index (χ1) is 10.6. The number of aromatic nitrogens is 2. The second-order valence-corrected chi connectivity index (χ2v) is 5.89. The first kappa shape index (κ1) is 14.9. The standard InChI is InChI=1S/C17H15Cl2N3/c18-15-3-1-2-13(17(15)19)10-16-21-8-9-22(16)11-12-4-6-14(20)7-5-12/h1-9H,10-11,20H2. The van der Waals surface area contributed by atoms with Crippen molar-refractivity contribution in [2.24, 2.45) is 0 Å². The van der Waals surface area contributed by atoms with E-state index in [1.165, 1.54) is 5.56 Å². The van der Waals surface area contributed by atoms with Crippen LogP contribution in [0, 0.1) is 0 Å². The number of halogens is 2. The van der Waals surface area contributed by atoms with Crippen molar-refractivity contribution < 1.29 is 0 Å². The summed E-state index contributed by atoms with van der Waals surface area (Å²) in [5.74, 6) is 0.945. The second kappa shape index (κ2) is 6.42. The van der Waals surface area contributed by atoms with Crippen LogP contribution in [0.2, 0.25) is 10.0 Å². The third-order valence-electron chi connectivity index (χ3n) is 3.51. The molecule has 0 aliphatic heterocycles.